The topological polar surface area (TPSA) is 92.7 Å². The lowest BCUT2D eigenvalue weighted by atomic mass is 10.1. The molecule has 4 rings (SSSR count). The average molecular weight is 422 g/mol. The summed E-state index contributed by atoms with van der Waals surface area (Å²) >= 11 is 1.25. The number of fused-ring (bicyclic) bond motifs is 1. The van der Waals surface area contributed by atoms with Gasteiger partial charge in [0, 0.05) is 30.7 Å². The summed E-state index contributed by atoms with van der Waals surface area (Å²) in [5, 5.41) is 8.91. The van der Waals surface area contributed by atoms with Gasteiger partial charge in [-0.3, -0.25) is 9.59 Å². The van der Waals surface area contributed by atoms with Crippen LogP contribution in [0.15, 0.2) is 35.3 Å². The molecule has 0 spiro atoms. The van der Waals surface area contributed by atoms with Gasteiger partial charge in [-0.15, -0.1) is 11.3 Å². The largest absolute Gasteiger partial charge is 0.361 e. The maximum Gasteiger partial charge on any atom is 0.277 e. The zero-order chi connectivity index (χ0) is 21.4. The van der Waals surface area contributed by atoms with Crippen molar-refractivity contribution in [2.45, 2.75) is 27.2 Å². The lowest BCUT2D eigenvalue weighted by Gasteiger charge is -2.07. The predicted molar refractivity (Wildman–Crippen MR) is 119 cm³/mol. The van der Waals surface area contributed by atoms with Crippen LogP contribution in [0.2, 0.25) is 0 Å². The van der Waals surface area contributed by atoms with Gasteiger partial charge in [0.1, 0.15) is 9.88 Å². The Bertz CT molecular complexity index is 1320. The zero-order valence-electron chi connectivity index (χ0n) is 17.4. The van der Waals surface area contributed by atoms with Crippen LogP contribution in [0, 0.1) is 20.8 Å². The van der Waals surface area contributed by atoms with Crippen molar-refractivity contribution in [1.82, 2.24) is 25.1 Å². The minimum absolute atomic E-state index is 0.170. The second kappa shape index (κ2) is 7.87. The van der Waals surface area contributed by atoms with E-state index in [0.717, 1.165) is 23.2 Å². The predicted octanol–water partition coefficient (Wildman–Crippen LogP) is 3.28. The van der Waals surface area contributed by atoms with Gasteiger partial charge in [-0.25, -0.2) is 9.67 Å². The Hall–Kier alpha value is -3.26. The Labute approximate surface area is 177 Å². The molecule has 1 amide bonds. The normalized spacial score (nSPS) is 11.2. The standard InChI is InChI=1S/C22H23N5O2S/c1-12-13(2)26-27(4)22(29)18(12)21-25-14(3)19(30-21)20(28)23-10-9-15-11-24-17-8-6-5-7-16(15)17/h5-8,11,24H,9-10H2,1-4H3,(H,23,28). The SMILES string of the molecule is Cc1nc(-c2c(C)c(C)nn(C)c2=O)sc1C(=O)NCCc1c[nH]c2ccccc12. The van der Waals surface area contributed by atoms with Crippen LogP contribution in [0.4, 0.5) is 0 Å². The highest BCUT2D eigenvalue weighted by Crippen LogP contribution is 2.28. The maximum absolute atomic E-state index is 12.8. The third-order valence-corrected chi connectivity index (χ3v) is 6.47. The number of nitrogens with zero attached hydrogens (tertiary/aromatic N) is 3. The minimum Gasteiger partial charge on any atom is -0.361 e. The van der Waals surface area contributed by atoms with Gasteiger partial charge >= 0.3 is 0 Å². The summed E-state index contributed by atoms with van der Waals surface area (Å²) in [6, 6.07) is 8.11. The number of para-hydroxylation sites is 1. The quantitative estimate of drug-likeness (QED) is 0.517. The van der Waals surface area contributed by atoms with Crippen LogP contribution in [0.25, 0.3) is 21.5 Å². The van der Waals surface area contributed by atoms with E-state index >= 15 is 0 Å². The third kappa shape index (κ3) is 3.54. The van der Waals surface area contributed by atoms with E-state index in [1.165, 1.54) is 27.0 Å². The molecule has 0 bridgehead atoms. The van der Waals surface area contributed by atoms with Crippen molar-refractivity contribution < 1.29 is 4.79 Å². The summed E-state index contributed by atoms with van der Waals surface area (Å²) in [5.41, 5.74) is 4.73. The lowest BCUT2D eigenvalue weighted by Crippen LogP contribution is -2.25. The third-order valence-electron chi connectivity index (χ3n) is 5.30. The number of hydrogen-bond donors (Lipinski definition) is 2. The Balaban J connectivity index is 1.52. The Morgan fingerprint density at radius 1 is 1.20 bits per heavy atom. The van der Waals surface area contributed by atoms with Crippen LogP contribution in [0.3, 0.4) is 0 Å². The lowest BCUT2D eigenvalue weighted by molar-refractivity contribution is 0.0957. The Morgan fingerprint density at radius 2 is 1.97 bits per heavy atom. The number of rotatable bonds is 5. The Kier molecular flexibility index (Phi) is 5.26. The van der Waals surface area contributed by atoms with Crippen molar-refractivity contribution in [1.29, 1.82) is 0 Å². The fourth-order valence-corrected chi connectivity index (χ4v) is 4.62. The van der Waals surface area contributed by atoms with E-state index in [-0.39, 0.29) is 11.5 Å². The molecule has 1 aromatic carbocycles. The highest BCUT2D eigenvalue weighted by Gasteiger charge is 2.21. The number of nitrogens with one attached hydrogen (secondary N) is 2. The first-order chi connectivity index (χ1) is 14.4. The van der Waals surface area contributed by atoms with E-state index in [1.807, 2.05) is 38.2 Å². The number of benzene rings is 1. The van der Waals surface area contributed by atoms with E-state index in [2.05, 4.69) is 26.4 Å². The van der Waals surface area contributed by atoms with Gasteiger partial charge in [0.05, 0.1) is 17.0 Å². The molecule has 0 saturated heterocycles. The minimum atomic E-state index is -0.210. The van der Waals surface area contributed by atoms with Crippen molar-refractivity contribution >= 4 is 28.1 Å². The van der Waals surface area contributed by atoms with Crippen LogP contribution in [-0.4, -0.2) is 32.2 Å². The number of amides is 1. The van der Waals surface area contributed by atoms with Gasteiger partial charge in [0.15, 0.2) is 0 Å². The van der Waals surface area contributed by atoms with Crippen molar-refractivity contribution in [3.05, 3.63) is 68.2 Å². The fraction of sp³-hybridized carbons (Fsp3) is 0.273. The van der Waals surface area contributed by atoms with Gasteiger partial charge in [-0.2, -0.15) is 5.10 Å². The van der Waals surface area contributed by atoms with Crippen LogP contribution >= 0.6 is 11.3 Å². The molecule has 2 N–H and O–H groups in total. The molecule has 3 heterocycles. The highest BCUT2D eigenvalue weighted by atomic mass is 32.1. The molecule has 0 unspecified atom stereocenters. The van der Waals surface area contributed by atoms with Gasteiger partial charge in [0.25, 0.3) is 11.5 Å². The molecular formula is C22H23N5O2S. The number of H-pyrrole nitrogens is 1. The number of aryl methyl sites for hydroxylation is 3. The monoisotopic (exact) mass is 421 g/mol. The molecular weight excluding hydrogens is 398 g/mol. The summed E-state index contributed by atoms with van der Waals surface area (Å²) in [5.74, 6) is -0.170. The van der Waals surface area contributed by atoms with Crippen molar-refractivity contribution in [3.63, 3.8) is 0 Å². The molecule has 0 radical (unpaired) electrons. The number of thiazole rings is 1. The molecule has 0 saturated carbocycles. The maximum atomic E-state index is 12.8. The van der Waals surface area contributed by atoms with Crippen LogP contribution in [-0.2, 0) is 13.5 Å². The van der Waals surface area contributed by atoms with E-state index in [9.17, 15) is 9.59 Å². The molecule has 0 aliphatic carbocycles. The van der Waals surface area contributed by atoms with E-state index in [0.29, 0.717) is 27.7 Å². The number of carbonyl (C=O) groups is 1. The number of hydrogen-bond acceptors (Lipinski definition) is 5. The molecule has 7 nitrogen and oxygen atoms in total. The molecule has 0 aliphatic rings. The van der Waals surface area contributed by atoms with Gasteiger partial charge in [-0.1, -0.05) is 18.2 Å². The summed E-state index contributed by atoms with van der Waals surface area (Å²) in [7, 11) is 1.62. The smallest absolute Gasteiger partial charge is 0.277 e. The van der Waals surface area contributed by atoms with Crippen LogP contribution < -0.4 is 10.9 Å². The van der Waals surface area contributed by atoms with E-state index in [1.54, 1.807) is 14.0 Å². The molecule has 3 aromatic heterocycles. The van der Waals surface area contributed by atoms with Crippen molar-refractivity contribution in [2.75, 3.05) is 6.54 Å². The number of aromatic nitrogens is 4. The second-order valence-corrected chi connectivity index (χ2v) is 8.31. The fourth-order valence-electron chi connectivity index (χ4n) is 3.54. The highest BCUT2D eigenvalue weighted by molar-refractivity contribution is 7.17. The molecule has 0 fully saturated rings. The van der Waals surface area contributed by atoms with Gasteiger partial charge < -0.3 is 10.3 Å². The summed E-state index contributed by atoms with van der Waals surface area (Å²) < 4.78 is 1.31. The molecule has 154 valence electrons. The summed E-state index contributed by atoms with van der Waals surface area (Å²) in [6.45, 7) is 6.03. The Morgan fingerprint density at radius 3 is 2.77 bits per heavy atom. The summed E-state index contributed by atoms with van der Waals surface area (Å²) in [4.78, 5) is 33.7. The van der Waals surface area contributed by atoms with Gasteiger partial charge in [0.2, 0.25) is 0 Å². The van der Waals surface area contributed by atoms with Crippen LogP contribution in [0.5, 0.6) is 0 Å². The van der Waals surface area contributed by atoms with E-state index < -0.39 is 0 Å². The first-order valence-electron chi connectivity index (χ1n) is 9.72. The van der Waals surface area contributed by atoms with Crippen molar-refractivity contribution in [2.24, 2.45) is 7.05 Å². The molecule has 30 heavy (non-hydrogen) atoms. The first kappa shape index (κ1) is 20.0. The molecule has 0 aliphatic heterocycles. The zero-order valence-corrected chi connectivity index (χ0v) is 18.2. The van der Waals surface area contributed by atoms with Crippen LogP contribution in [0.1, 0.15) is 32.2 Å². The van der Waals surface area contributed by atoms with E-state index in [4.69, 9.17) is 0 Å². The second-order valence-electron chi connectivity index (χ2n) is 7.31. The van der Waals surface area contributed by atoms with Gasteiger partial charge in [-0.05, 0) is 44.4 Å². The molecule has 0 atom stereocenters. The summed E-state index contributed by atoms with van der Waals surface area (Å²) in [6.07, 6.45) is 2.71. The average Bonchev–Trinajstić information content (AvgIpc) is 3.30. The number of aromatic amines is 1. The number of carbonyl (C=O) groups excluding carboxylic acids is 1. The molecule has 4 aromatic rings. The first-order valence-corrected chi connectivity index (χ1v) is 10.5. The molecule has 8 heteroatoms. The van der Waals surface area contributed by atoms with Crippen molar-refractivity contribution in [3.8, 4) is 10.6 Å².